The number of hydrogen-bond donors (Lipinski definition) is 1. The third-order valence-electron chi connectivity index (χ3n) is 2.35. The first-order valence-corrected chi connectivity index (χ1v) is 6.56. The summed E-state index contributed by atoms with van der Waals surface area (Å²) in [4.78, 5) is -0.382. The van der Waals surface area contributed by atoms with Gasteiger partial charge in [0.2, 0.25) is 10.0 Å². The first kappa shape index (κ1) is 12.7. The molecule has 0 aliphatic rings. The van der Waals surface area contributed by atoms with Gasteiger partial charge in [-0.3, -0.25) is 0 Å². The minimum Gasteiger partial charge on any atom is -0.320 e. The van der Waals surface area contributed by atoms with E-state index < -0.39 is 15.8 Å². The van der Waals surface area contributed by atoms with E-state index in [1.54, 1.807) is 11.6 Å². The molecule has 8 heteroatoms. The molecular weight excluding hydrogens is 259 g/mol. The largest absolute Gasteiger partial charge is 0.320 e. The molecule has 18 heavy (non-hydrogen) atoms. The van der Waals surface area contributed by atoms with Crippen molar-refractivity contribution in [2.24, 2.45) is 7.05 Å². The summed E-state index contributed by atoms with van der Waals surface area (Å²) in [5.41, 5.74) is 0. The molecule has 0 aliphatic carbocycles. The van der Waals surface area contributed by atoms with Crippen LogP contribution in [0.15, 0.2) is 35.5 Å². The Morgan fingerprint density at radius 2 is 2.11 bits per heavy atom. The molecule has 0 amide bonds. The van der Waals surface area contributed by atoms with Crippen LogP contribution in [0.25, 0.3) is 0 Å². The van der Waals surface area contributed by atoms with Crippen LogP contribution in [0.2, 0.25) is 0 Å². The third-order valence-corrected chi connectivity index (χ3v) is 3.79. The summed E-state index contributed by atoms with van der Waals surface area (Å²) in [6.45, 7) is -0.0484. The minimum atomic E-state index is -3.89. The van der Waals surface area contributed by atoms with Gasteiger partial charge in [-0.05, 0) is 12.1 Å². The van der Waals surface area contributed by atoms with Crippen molar-refractivity contribution < 1.29 is 12.8 Å². The van der Waals surface area contributed by atoms with Gasteiger partial charge in [0.05, 0.1) is 6.54 Å². The Labute approximate surface area is 104 Å². The van der Waals surface area contributed by atoms with Crippen LogP contribution < -0.4 is 4.72 Å². The fraction of sp³-hybridized carbons (Fsp3) is 0.200. The molecule has 0 radical (unpaired) electrons. The number of benzene rings is 1. The second-order valence-corrected chi connectivity index (χ2v) is 5.35. The summed E-state index contributed by atoms with van der Waals surface area (Å²) in [5, 5.41) is 7.34. The van der Waals surface area contributed by atoms with Gasteiger partial charge in [0, 0.05) is 7.05 Å². The zero-order valence-electron chi connectivity index (χ0n) is 9.54. The fourth-order valence-corrected chi connectivity index (χ4v) is 2.42. The SMILES string of the molecule is Cn1cnnc1CNS(=O)(=O)c1ccccc1F. The normalized spacial score (nSPS) is 11.7. The highest BCUT2D eigenvalue weighted by Gasteiger charge is 2.18. The van der Waals surface area contributed by atoms with Gasteiger partial charge in [0.1, 0.15) is 22.9 Å². The van der Waals surface area contributed by atoms with Gasteiger partial charge in [0.15, 0.2) is 0 Å². The van der Waals surface area contributed by atoms with Gasteiger partial charge in [-0.25, -0.2) is 17.5 Å². The van der Waals surface area contributed by atoms with Gasteiger partial charge >= 0.3 is 0 Å². The van der Waals surface area contributed by atoms with E-state index in [1.807, 2.05) is 0 Å². The van der Waals surface area contributed by atoms with Crippen molar-refractivity contribution in [2.45, 2.75) is 11.4 Å². The second-order valence-electron chi connectivity index (χ2n) is 3.61. The maximum Gasteiger partial charge on any atom is 0.243 e. The lowest BCUT2D eigenvalue weighted by Crippen LogP contribution is -2.25. The van der Waals surface area contributed by atoms with Crippen LogP contribution in [-0.4, -0.2) is 23.2 Å². The smallest absolute Gasteiger partial charge is 0.243 e. The summed E-state index contributed by atoms with van der Waals surface area (Å²) >= 11 is 0. The van der Waals surface area contributed by atoms with E-state index >= 15 is 0 Å². The Kier molecular flexibility index (Phi) is 3.39. The summed E-state index contributed by atoms with van der Waals surface area (Å²) in [5.74, 6) is -0.349. The topological polar surface area (TPSA) is 76.9 Å². The molecule has 0 saturated carbocycles. The van der Waals surface area contributed by atoms with E-state index in [1.165, 1.54) is 24.5 Å². The number of halogens is 1. The molecule has 0 bridgehead atoms. The third kappa shape index (κ3) is 2.54. The molecule has 1 N–H and O–H groups in total. The molecule has 96 valence electrons. The average molecular weight is 270 g/mol. The molecule has 0 spiro atoms. The van der Waals surface area contributed by atoms with Crippen molar-refractivity contribution >= 4 is 10.0 Å². The number of rotatable bonds is 4. The van der Waals surface area contributed by atoms with E-state index in [0.717, 1.165) is 6.07 Å². The Morgan fingerprint density at radius 1 is 1.39 bits per heavy atom. The quantitative estimate of drug-likeness (QED) is 0.874. The molecule has 0 atom stereocenters. The van der Waals surface area contributed by atoms with Gasteiger partial charge in [-0.2, -0.15) is 0 Å². The predicted octanol–water partition coefficient (Wildman–Crippen LogP) is 0.433. The lowest BCUT2D eigenvalue weighted by atomic mass is 10.4. The van der Waals surface area contributed by atoms with E-state index in [4.69, 9.17) is 0 Å². The second kappa shape index (κ2) is 4.83. The summed E-state index contributed by atoms with van der Waals surface area (Å²) in [7, 11) is -2.20. The highest BCUT2D eigenvalue weighted by atomic mass is 32.2. The van der Waals surface area contributed by atoms with Crippen molar-refractivity contribution in [3.8, 4) is 0 Å². The van der Waals surface area contributed by atoms with Crippen LogP contribution >= 0.6 is 0 Å². The highest BCUT2D eigenvalue weighted by Crippen LogP contribution is 2.13. The van der Waals surface area contributed by atoms with E-state index in [-0.39, 0.29) is 11.4 Å². The molecule has 1 heterocycles. The van der Waals surface area contributed by atoms with Crippen LogP contribution in [0.1, 0.15) is 5.82 Å². The Hall–Kier alpha value is -1.80. The minimum absolute atomic E-state index is 0.0484. The van der Waals surface area contributed by atoms with Crippen molar-refractivity contribution in [3.05, 3.63) is 42.2 Å². The Morgan fingerprint density at radius 3 is 2.72 bits per heavy atom. The predicted molar refractivity (Wildman–Crippen MR) is 61.4 cm³/mol. The number of nitrogens with one attached hydrogen (secondary N) is 1. The monoisotopic (exact) mass is 270 g/mol. The van der Waals surface area contributed by atoms with Crippen LogP contribution in [0.3, 0.4) is 0 Å². The molecule has 1 aromatic carbocycles. The lowest BCUT2D eigenvalue weighted by Gasteiger charge is -2.06. The van der Waals surface area contributed by atoms with Crippen LogP contribution in [0.5, 0.6) is 0 Å². The van der Waals surface area contributed by atoms with Gasteiger partial charge in [-0.1, -0.05) is 12.1 Å². The number of hydrogen-bond acceptors (Lipinski definition) is 4. The Balaban J connectivity index is 2.19. The molecular formula is C10H11FN4O2S. The van der Waals surface area contributed by atoms with E-state index in [0.29, 0.717) is 5.82 Å². The molecule has 1 aromatic heterocycles. The number of aryl methyl sites for hydroxylation is 1. The van der Waals surface area contributed by atoms with Crippen molar-refractivity contribution in [2.75, 3.05) is 0 Å². The summed E-state index contributed by atoms with van der Waals surface area (Å²) < 4.78 is 40.9. The molecule has 0 saturated heterocycles. The Bertz CT molecular complexity index is 653. The van der Waals surface area contributed by atoms with Crippen LogP contribution in [0.4, 0.5) is 4.39 Å². The first-order chi connectivity index (χ1) is 8.50. The highest BCUT2D eigenvalue weighted by molar-refractivity contribution is 7.89. The first-order valence-electron chi connectivity index (χ1n) is 5.08. The number of sulfonamides is 1. The lowest BCUT2D eigenvalue weighted by molar-refractivity contribution is 0.554. The number of aromatic nitrogens is 3. The average Bonchev–Trinajstić information content (AvgIpc) is 2.73. The molecule has 2 aromatic rings. The summed E-state index contributed by atoms with van der Waals surface area (Å²) in [6, 6.07) is 5.18. The molecule has 0 aliphatic heterocycles. The van der Waals surface area contributed by atoms with Crippen molar-refractivity contribution in [1.82, 2.24) is 19.5 Å². The zero-order chi connectivity index (χ0) is 13.2. The summed E-state index contributed by atoms with van der Waals surface area (Å²) in [6.07, 6.45) is 1.45. The van der Waals surface area contributed by atoms with Crippen molar-refractivity contribution in [3.63, 3.8) is 0 Å². The molecule has 6 nitrogen and oxygen atoms in total. The molecule has 0 fully saturated rings. The number of nitrogens with zero attached hydrogens (tertiary/aromatic N) is 3. The fourth-order valence-electron chi connectivity index (χ4n) is 1.37. The zero-order valence-corrected chi connectivity index (χ0v) is 10.4. The maximum atomic E-state index is 13.4. The van der Waals surface area contributed by atoms with Gasteiger partial charge in [-0.15, -0.1) is 10.2 Å². The van der Waals surface area contributed by atoms with Gasteiger partial charge < -0.3 is 4.57 Å². The van der Waals surface area contributed by atoms with Crippen molar-refractivity contribution in [1.29, 1.82) is 0 Å². The van der Waals surface area contributed by atoms with Crippen LogP contribution in [-0.2, 0) is 23.6 Å². The van der Waals surface area contributed by atoms with E-state index in [2.05, 4.69) is 14.9 Å². The van der Waals surface area contributed by atoms with E-state index in [9.17, 15) is 12.8 Å². The van der Waals surface area contributed by atoms with Crippen LogP contribution in [0, 0.1) is 5.82 Å². The van der Waals surface area contributed by atoms with Gasteiger partial charge in [0.25, 0.3) is 0 Å². The molecule has 2 rings (SSSR count). The standard InChI is InChI=1S/C10H11FN4O2S/c1-15-7-12-14-10(15)6-13-18(16,17)9-5-3-2-4-8(9)11/h2-5,7,13H,6H2,1H3. The maximum absolute atomic E-state index is 13.4. The molecule has 0 unspecified atom stereocenters.